The maximum atomic E-state index is 11.5. The number of fused-ring (bicyclic) bond motifs is 1. The van der Waals surface area contributed by atoms with Gasteiger partial charge in [0.25, 0.3) is 0 Å². The highest BCUT2D eigenvalue weighted by atomic mass is 32.2. The molecule has 0 aliphatic heterocycles. The molecule has 0 radical (unpaired) electrons. The second kappa shape index (κ2) is 5.43. The van der Waals surface area contributed by atoms with E-state index in [2.05, 4.69) is 37.4 Å². The van der Waals surface area contributed by atoms with Crippen LogP contribution in [0.3, 0.4) is 0 Å². The smallest absolute Gasteiger partial charge is 0.175 e. The van der Waals surface area contributed by atoms with Gasteiger partial charge in [-0.05, 0) is 54.7 Å². The first-order valence-electron chi connectivity index (χ1n) is 7.50. The molecule has 0 aromatic heterocycles. The number of anilines is 1. The lowest BCUT2D eigenvalue weighted by Gasteiger charge is -2.20. The van der Waals surface area contributed by atoms with E-state index in [1.165, 1.54) is 22.9 Å². The predicted octanol–water partition coefficient (Wildman–Crippen LogP) is 3.74. The van der Waals surface area contributed by atoms with Crippen molar-refractivity contribution in [3.05, 3.63) is 59.2 Å². The monoisotopic (exact) mass is 315 g/mol. The number of hydrogen-bond donors (Lipinski definition) is 1. The Hall–Kier alpha value is -1.81. The first-order valence-corrected chi connectivity index (χ1v) is 9.40. The summed E-state index contributed by atoms with van der Waals surface area (Å²) in [7, 11) is -3.14. The molecule has 0 bridgehead atoms. The van der Waals surface area contributed by atoms with Gasteiger partial charge in [-0.2, -0.15) is 0 Å². The molecule has 0 saturated carbocycles. The van der Waals surface area contributed by atoms with Gasteiger partial charge in [-0.25, -0.2) is 8.42 Å². The fraction of sp³-hybridized carbons (Fsp3) is 0.333. The summed E-state index contributed by atoms with van der Waals surface area (Å²) in [4.78, 5) is 0.355. The predicted molar refractivity (Wildman–Crippen MR) is 90.0 cm³/mol. The minimum Gasteiger partial charge on any atom is -0.378 e. The number of benzene rings is 2. The largest absolute Gasteiger partial charge is 0.378 e. The Morgan fingerprint density at radius 3 is 2.41 bits per heavy atom. The Kier molecular flexibility index (Phi) is 3.73. The highest BCUT2D eigenvalue weighted by molar-refractivity contribution is 7.90. The molecule has 0 spiro atoms. The molecule has 22 heavy (non-hydrogen) atoms. The van der Waals surface area contributed by atoms with Crippen LogP contribution in [-0.4, -0.2) is 14.7 Å². The molecular formula is C18H21NO2S. The van der Waals surface area contributed by atoms with E-state index in [0.717, 1.165) is 12.1 Å². The molecule has 2 aromatic rings. The third-order valence-corrected chi connectivity index (χ3v) is 5.48. The molecule has 116 valence electrons. The van der Waals surface area contributed by atoms with Crippen LogP contribution in [-0.2, 0) is 16.3 Å². The Morgan fingerprint density at radius 2 is 1.77 bits per heavy atom. The maximum Gasteiger partial charge on any atom is 0.175 e. The van der Waals surface area contributed by atoms with Crippen LogP contribution in [0.5, 0.6) is 0 Å². The van der Waals surface area contributed by atoms with Crippen LogP contribution in [0.15, 0.2) is 47.4 Å². The average Bonchev–Trinajstić information content (AvgIpc) is 2.75. The first kappa shape index (κ1) is 15.1. The lowest BCUT2D eigenvalue weighted by Crippen LogP contribution is -2.14. The van der Waals surface area contributed by atoms with Crippen LogP contribution in [0.4, 0.5) is 5.69 Å². The van der Waals surface area contributed by atoms with Crippen molar-refractivity contribution in [2.24, 2.45) is 5.92 Å². The molecular weight excluding hydrogens is 294 g/mol. The maximum absolute atomic E-state index is 11.5. The van der Waals surface area contributed by atoms with Gasteiger partial charge in [-0.1, -0.05) is 30.7 Å². The van der Waals surface area contributed by atoms with Gasteiger partial charge < -0.3 is 5.32 Å². The van der Waals surface area contributed by atoms with Crippen molar-refractivity contribution in [2.75, 3.05) is 11.6 Å². The minimum absolute atomic E-state index is 0.277. The Balaban J connectivity index is 1.86. The van der Waals surface area contributed by atoms with Gasteiger partial charge >= 0.3 is 0 Å². The summed E-state index contributed by atoms with van der Waals surface area (Å²) in [5.41, 5.74) is 4.99. The van der Waals surface area contributed by atoms with Crippen molar-refractivity contribution in [3.63, 3.8) is 0 Å². The Bertz CT molecular complexity index is 794. The van der Waals surface area contributed by atoms with E-state index in [1.807, 2.05) is 12.1 Å². The third-order valence-electron chi connectivity index (χ3n) is 4.35. The van der Waals surface area contributed by atoms with Crippen molar-refractivity contribution in [2.45, 2.75) is 31.2 Å². The van der Waals surface area contributed by atoms with Crippen LogP contribution in [0.1, 0.15) is 29.7 Å². The zero-order chi connectivity index (χ0) is 15.9. The second-order valence-corrected chi connectivity index (χ2v) is 8.32. The highest BCUT2D eigenvalue weighted by Gasteiger charge is 2.29. The van der Waals surface area contributed by atoms with Crippen LogP contribution in [0, 0.1) is 12.8 Å². The van der Waals surface area contributed by atoms with Gasteiger partial charge in [0.1, 0.15) is 0 Å². The van der Waals surface area contributed by atoms with E-state index >= 15 is 0 Å². The normalized spacial score (nSPS) is 20.7. The fourth-order valence-electron chi connectivity index (χ4n) is 3.16. The molecule has 0 saturated heterocycles. The molecule has 0 amide bonds. The van der Waals surface area contributed by atoms with E-state index in [9.17, 15) is 8.42 Å². The van der Waals surface area contributed by atoms with Gasteiger partial charge in [0, 0.05) is 11.9 Å². The lowest BCUT2D eigenvalue weighted by atomic mass is 10.0. The van der Waals surface area contributed by atoms with Crippen LogP contribution >= 0.6 is 0 Å². The van der Waals surface area contributed by atoms with Gasteiger partial charge in [-0.15, -0.1) is 0 Å². The highest BCUT2D eigenvalue weighted by Crippen LogP contribution is 2.38. The van der Waals surface area contributed by atoms with Crippen molar-refractivity contribution in [1.29, 1.82) is 0 Å². The molecule has 3 nitrogen and oxygen atoms in total. The Morgan fingerprint density at radius 1 is 1.09 bits per heavy atom. The SMILES string of the molecule is Cc1ccc2c(c1)C(Nc1ccc(S(C)(=O)=O)cc1)C(C)C2. The third kappa shape index (κ3) is 2.88. The van der Waals surface area contributed by atoms with Crippen LogP contribution in [0.2, 0.25) is 0 Å². The molecule has 1 aliphatic rings. The van der Waals surface area contributed by atoms with E-state index in [4.69, 9.17) is 0 Å². The Labute approximate surface area is 132 Å². The average molecular weight is 315 g/mol. The van der Waals surface area contributed by atoms with Crippen molar-refractivity contribution < 1.29 is 8.42 Å². The zero-order valence-corrected chi connectivity index (χ0v) is 13.9. The molecule has 1 aliphatic carbocycles. The van der Waals surface area contributed by atoms with Crippen LogP contribution in [0.25, 0.3) is 0 Å². The number of rotatable bonds is 3. The number of aryl methyl sites for hydroxylation is 1. The fourth-order valence-corrected chi connectivity index (χ4v) is 3.79. The summed E-state index contributed by atoms with van der Waals surface area (Å²) in [5, 5.41) is 3.56. The second-order valence-electron chi connectivity index (χ2n) is 6.30. The first-order chi connectivity index (χ1) is 10.3. The molecule has 0 heterocycles. The summed E-state index contributed by atoms with van der Waals surface area (Å²) >= 11 is 0. The summed E-state index contributed by atoms with van der Waals surface area (Å²) in [5.74, 6) is 0.520. The molecule has 2 aromatic carbocycles. The van der Waals surface area contributed by atoms with E-state index in [0.29, 0.717) is 10.8 Å². The van der Waals surface area contributed by atoms with Crippen LogP contribution < -0.4 is 5.32 Å². The molecule has 4 heteroatoms. The summed E-state index contributed by atoms with van der Waals surface area (Å²) in [6.45, 7) is 4.36. The minimum atomic E-state index is -3.14. The van der Waals surface area contributed by atoms with Crippen molar-refractivity contribution in [3.8, 4) is 0 Å². The molecule has 0 fully saturated rings. The quantitative estimate of drug-likeness (QED) is 0.938. The number of nitrogens with one attached hydrogen (secondary N) is 1. The van der Waals surface area contributed by atoms with E-state index in [1.54, 1.807) is 12.1 Å². The van der Waals surface area contributed by atoms with Crippen molar-refractivity contribution in [1.82, 2.24) is 0 Å². The van der Waals surface area contributed by atoms with Crippen molar-refractivity contribution >= 4 is 15.5 Å². The number of sulfone groups is 1. The topological polar surface area (TPSA) is 46.2 Å². The van der Waals surface area contributed by atoms with E-state index in [-0.39, 0.29) is 6.04 Å². The van der Waals surface area contributed by atoms with Gasteiger partial charge in [-0.3, -0.25) is 0 Å². The summed E-state index contributed by atoms with van der Waals surface area (Å²) in [6.07, 6.45) is 2.31. The molecule has 2 atom stereocenters. The molecule has 3 rings (SSSR count). The van der Waals surface area contributed by atoms with Gasteiger partial charge in [0.2, 0.25) is 0 Å². The molecule has 2 unspecified atom stereocenters. The lowest BCUT2D eigenvalue weighted by molar-refractivity contribution is 0.542. The van der Waals surface area contributed by atoms with Gasteiger partial charge in [0.05, 0.1) is 10.9 Å². The summed E-state index contributed by atoms with van der Waals surface area (Å²) < 4.78 is 23.0. The van der Waals surface area contributed by atoms with E-state index < -0.39 is 9.84 Å². The molecule has 1 N–H and O–H groups in total. The van der Waals surface area contributed by atoms with Gasteiger partial charge in [0.15, 0.2) is 9.84 Å². The standard InChI is InChI=1S/C18H21NO2S/c1-12-4-5-14-11-13(2)18(17(14)10-12)19-15-6-8-16(9-7-15)22(3,20)21/h4-10,13,18-19H,11H2,1-3H3. The number of hydrogen-bond acceptors (Lipinski definition) is 3. The zero-order valence-electron chi connectivity index (χ0n) is 13.1. The summed E-state index contributed by atoms with van der Waals surface area (Å²) in [6, 6.07) is 13.9.